The Hall–Kier alpha value is -0.860. The number of Topliss-reactive ketones (excluding diaryl/α,β-unsaturated/α-hetero) is 1. The standard InChI is InChI=1S/C9H14O3/c1-4-12-9(11)8-5(2)7(8)6(3)10/h5,7-8H,4H2,1-3H3/t5-,7+,8-/m0/s1. The summed E-state index contributed by atoms with van der Waals surface area (Å²) < 4.78 is 4.83. The maximum atomic E-state index is 11.2. The van der Waals surface area contributed by atoms with Crippen LogP contribution in [0, 0.1) is 17.8 Å². The largest absolute Gasteiger partial charge is 0.466 e. The van der Waals surface area contributed by atoms with Crippen molar-refractivity contribution in [1.29, 1.82) is 0 Å². The molecule has 3 nitrogen and oxygen atoms in total. The number of hydrogen-bond acceptors (Lipinski definition) is 3. The number of ketones is 1. The van der Waals surface area contributed by atoms with Crippen molar-refractivity contribution in [2.75, 3.05) is 6.61 Å². The van der Waals surface area contributed by atoms with E-state index in [-0.39, 0.29) is 29.5 Å². The van der Waals surface area contributed by atoms with E-state index in [1.54, 1.807) is 6.92 Å². The van der Waals surface area contributed by atoms with E-state index in [1.165, 1.54) is 6.92 Å². The van der Waals surface area contributed by atoms with Gasteiger partial charge in [-0.15, -0.1) is 0 Å². The van der Waals surface area contributed by atoms with Gasteiger partial charge in [0.1, 0.15) is 5.78 Å². The van der Waals surface area contributed by atoms with E-state index in [9.17, 15) is 9.59 Å². The molecule has 1 aliphatic rings. The lowest BCUT2D eigenvalue weighted by Gasteiger charge is -1.98. The van der Waals surface area contributed by atoms with Crippen molar-refractivity contribution >= 4 is 11.8 Å². The monoisotopic (exact) mass is 170 g/mol. The number of hydrogen-bond donors (Lipinski definition) is 0. The highest BCUT2D eigenvalue weighted by molar-refractivity contribution is 5.90. The molecule has 0 aromatic rings. The normalized spacial score (nSPS) is 32.8. The summed E-state index contributed by atoms with van der Waals surface area (Å²) in [5.41, 5.74) is 0. The molecule has 3 heteroatoms. The van der Waals surface area contributed by atoms with Crippen LogP contribution in [0.25, 0.3) is 0 Å². The minimum Gasteiger partial charge on any atom is -0.466 e. The zero-order valence-corrected chi connectivity index (χ0v) is 7.66. The molecule has 0 aliphatic heterocycles. The van der Waals surface area contributed by atoms with Gasteiger partial charge in [-0.25, -0.2) is 0 Å². The van der Waals surface area contributed by atoms with E-state index in [0.29, 0.717) is 6.61 Å². The third-order valence-electron chi connectivity index (χ3n) is 2.41. The van der Waals surface area contributed by atoms with Crippen LogP contribution in [0.5, 0.6) is 0 Å². The van der Waals surface area contributed by atoms with Crippen LogP contribution in [0.2, 0.25) is 0 Å². The van der Waals surface area contributed by atoms with E-state index in [0.717, 1.165) is 0 Å². The van der Waals surface area contributed by atoms with Gasteiger partial charge in [0.25, 0.3) is 0 Å². The van der Waals surface area contributed by atoms with E-state index < -0.39 is 0 Å². The van der Waals surface area contributed by atoms with Gasteiger partial charge in [0.2, 0.25) is 0 Å². The van der Waals surface area contributed by atoms with Crippen molar-refractivity contribution in [1.82, 2.24) is 0 Å². The Bertz CT molecular complexity index is 210. The molecule has 0 N–H and O–H groups in total. The fourth-order valence-corrected chi connectivity index (χ4v) is 1.69. The fraction of sp³-hybridized carbons (Fsp3) is 0.778. The Labute approximate surface area is 72.1 Å². The molecular formula is C9H14O3. The van der Waals surface area contributed by atoms with Crippen LogP contribution in [0.1, 0.15) is 20.8 Å². The van der Waals surface area contributed by atoms with E-state index in [1.807, 2.05) is 6.92 Å². The molecule has 1 aliphatic carbocycles. The Kier molecular flexibility index (Phi) is 2.50. The molecule has 1 rings (SSSR count). The molecule has 0 bridgehead atoms. The van der Waals surface area contributed by atoms with Gasteiger partial charge in [-0.05, 0) is 19.8 Å². The second-order valence-electron chi connectivity index (χ2n) is 3.27. The summed E-state index contributed by atoms with van der Waals surface area (Å²) in [4.78, 5) is 22.1. The fourth-order valence-electron chi connectivity index (χ4n) is 1.69. The topological polar surface area (TPSA) is 43.4 Å². The summed E-state index contributed by atoms with van der Waals surface area (Å²) >= 11 is 0. The van der Waals surface area contributed by atoms with E-state index >= 15 is 0 Å². The lowest BCUT2D eigenvalue weighted by molar-refractivity contribution is -0.146. The third kappa shape index (κ3) is 1.49. The van der Waals surface area contributed by atoms with E-state index in [2.05, 4.69) is 0 Å². The summed E-state index contributed by atoms with van der Waals surface area (Å²) in [7, 11) is 0. The van der Waals surface area contributed by atoms with Gasteiger partial charge >= 0.3 is 5.97 Å². The van der Waals surface area contributed by atoms with Crippen molar-refractivity contribution < 1.29 is 14.3 Å². The molecule has 0 aromatic heterocycles. The maximum Gasteiger partial charge on any atom is 0.309 e. The molecule has 68 valence electrons. The summed E-state index contributed by atoms with van der Waals surface area (Å²) in [6, 6.07) is 0. The van der Waals surface area contributed by atoms with Crippen LogP contribution < -0.4 is 0 Å². The molecule has 3 atom stereocenters. The molecule has 0 radical (unpaired) electrons. The quantitative estimate of drug-likeness (QED) is 0.594. The highest BCUT2D eigenvalue weighted by Gasteiger charge is 2.55. The second kappa shape index (κ2) is 3.25. The van der Waals surface area contributed by atoms with Crippen molar-refractivity contribution in [2.45, 2.75) is 20.8 Å². The average Bonchev–Trinajstić information content (AvgIpc) is 2.62. The lowest BCUT2D eigenvalue weighted by Crippen LogP contribution is -2.10. The number of carbonyl (C=O) groups excluding carboxylic acids is 2. The molecule has 1 saturated carbocycles. The minimum atomic E-state index is -0.217. The summed E-state index contributed by atoms with van der Waals surface area (Å²) in [5, 5.41) is 0. The van der Waals surface area contributed by atoms with Gasteiger partial charge in [0.05, 0.1) is 12.5 Å². The molecule has 0 heterocycles. The first kappa shape index (κ1) is 9.23. The van der Waals surface area contributed by atoms with Crippen molar-refractivity contribution in [2.24, 2.45) is 17.8 Å². The Morgan fingerprint density at radius 3 is 2.25 bits per heavy atom. The molecule has 0 unspecified atom stereocenters. The molecule has 12 heavy (non-hydrogen) atoms. The predicted molar refractivity (Wildman–Crippen MR) is 43.5 cm³/mol. The highest BCUT2D eigenvalue weighted by atomic mass is 16.5. The number of rotatable bonds is 3. The van der Waals surface area contributed by atoms with Gasteiger partial charge in [-0.1, -0.05) is 6.92 Å². The lowest BCUT2D eigenvalue weighted by atomic mass is 10.2. The Morgan fingerprint density at radius 1 is 1.33 bits per heavy atom. The minimum absolute atomic E-state index is 0.0796. The van der Waals surface area contributed by atoms with Gasteiger partial charge in [0.15, 0.2) is 0 Å². The van der Waals surface area contributed by atoms with Crippen LogP contribution in [0.4, 0.5) is 0 Å². The van der Waals surface area contributed by atoms with Crippen LogP contribution >= 0.6 is 0 Å². The van der Waals surface area contributed by atoms with Crippen LogP contribution in [-0.4, -0.2) is 18.4 Å². The van der Waals surface area contributed by atoms with Gasteiger partial charge in [0, 0.05) is 5.92 Å². The van der Waals surface area contributed by atoms with Crippen molar-refractivity contribution in [3.8, 4) is 0 Å². The summed E-state index contributed by atoms with van der Waals surface area (Å²) in [5.74, 6) is -0.182. The number of carbonyl (C=O) groups is 2. The second-order valence-corrected chi connectivity index (χ2v) is 3.27. The van der Waals surface area contributed by atoms with Gasteiger partial charge in [-0.2, -0.15) is 0 Å². The molecule has 1 fully saturated rings. The highest BCUT2D eigenvalue weighted by Crippen LogP contribution is 2.47. The molecule has 0 aromatic carbocycles. The van der Waals surface area contributed by atoms with Crippen LogP contribution in [0.3, 0.4) is 0 Å². The Balaban J connectivity index is 2.47. The smallest absolute Gasteiger partial charge is 0.309 e. The molecule has 0 saturated heterocycles. The van der Waals surface area contributed by atoms with Crippen LogP contribution in [0.15, 0.2) is 0 Å². The zero-order chi connectivity index (χ0) is 9.30. The number of esters is 1. The van der Waals surface area contributed by atoms with Gasteiger partial charge in [-0.3, -0.25) is 9.59 Å². The third-order valence-corrected chi connectivity index (χ3v) is 2.41. The molecule has 0 amide bonds. The summed E-state index contributed by atoms with van der Waals surface area (Å²) in [6.07, 6.45) is 0. The van der Waals surface area contributed by atoms with Crippen LogP contribution in [-0.2, 0) is 14.3 Å². The predicted octanol–water partition coefficient (Wildman–Crippen LogP) is 1.02. The molecular weight excluding hydrogens is 156 g/mol. The van der Waals surface area contributed by atoms with E-state index in [4.69, 9.17) is 4.74 Å². The maximum absolute atomic E-state index is 11.2. The number of ether oxygens (including phenoxy) is 1. The first-order valence-electron chi connectivity index (χ1n) is 4.26. The molecule has 0 spiro atoms. The SMILES string of the molecule is CCOC(=O)[C@H]1[C@@H](C)[C@@H]1C(C)=O. The first-order valence-corrected chi connectivity index (χ1v) is 4.26. The zero-order valence-electron chi connectivity index (χ0n) is 7.66. The van der Waals surface area contributed by atoms with Crippen molar-refractivity contribution in [3.63, 3.8) is 0 Å². The van der Waals surface area contributed by atoms with Crippen molar-refractivity contribution in [3.05, 3.63) is 0 Å². The summed E-state index contributed by atoms with van der Waals surface area (Å²) in [6.45, 7) is 5.61. The average molecular weight is 170 g/mol. The Morgan fingerprint density at radius 2 is 1.92 bits per heavy atom. The van der Waals surface area contributed by atoms with Gasteiger partial charge < -0.3 is 4.74 Å². The first-order chi connectivity index (χ1) is 5.59.